The maximum absolute atomic E-state index is 12.1. The van der Waals surface area contributed by atoms with Gasteiger partial charge in [-0.3, -0.25) is 4.79 Å². The smallest absolute Gasteiger partial charge is 0.317 e. The number of aliphatic hydroxyl groups excluding tert-OH is 1. The number of nitrogens with one attached hydrogen (secondary N) is 1. The average Bonchev–Trinajstić information content (AvgIpc) is 2.48. The zero-order valence-corrected chi connectivity index (χ0v) is 11.8. The van der Waals surface area contributed by atoms with E-state index in [1.54, 1.807) is 4.90 Å². The van der Waals surface area contributed by atoms with Crippen LogP contribution in [0.5, 0.6) is 0 Å². The van der Waals surface area contributed by atoms with Crippen LogP contribution in [-0.4, -0.2) is 52.9 Å². The van der Waals surface area contributed by atoms with E-state index in [0.717, 1.165) is 25.7 Å². The molecule has 0 spiro atoms. The number of amides is 2. The van der Waals surface area contributed by atoms with E-state index in [-0.39, 0.29) is 24.6 Å². The van der Waals surface area contributed by atoms with Gasteiger partial charge in [-0.1, -0.05) is 0 Å². The number of aliphatic carboxylic acids is 1. The second kappa shape index (κ2) is 6.92. The van der Waals surface area contributed by atoms with Crippen LogP contribution < -0.4 is 5.32 Å². The lowest BCUT2D eigenvalue weighted by Gasteiger charge is -2.34. The van der Waals surface area contributed by atoms with Crippen molar-refractivity contribution in [3.05, 3.63) is 0 Å². The van der Waals surface area contributed by atoms with Crippen LogP contribution in [0.1, 0.15) is 38.5 Å². The number of carbonyl (C=O) groups excluding carboxylic acids is 1. The van der Waals surface area contributed by atoms with Crippen molar-refractivity contribution in [3.63, 3.8) is 0 Å². The minimum Gasteiger partial charge on any atom is -0.481 e. The molecule has 0 aromatic rings. The quantitative estimate of drug-likeness (QED) is 0.722. The van der Waals surface area contributed by atoms with E-state index in [9.17, 15) is 9.59 Å². The summed E-state index contributed by atoms with van der Waals surface area (Å²) in [7, 11) is 0. The summed E-state index contributed by atoms with van der Waals surface area (Å²) in [6, 6.07) is 0.0637. The number of hydrogen-bond donors (Lipinski definition) is 3. The predicted octanol–water partition coefficient (Wildman–Crippen LogP) is 1.04. The number of hydrogen-bond acceptors (Lipinski definition) is 3. The second-order valence-electron chi connectivity index (χ2n) is 5.95. The second-order valence-corrected chi connectivity index (χ2v) is 5.95. The first kappa shape index (κ1) is 15.1. The highest BCUT2D eigenvalue weighted by molar-refractivity contribution is 5.74. The summed E-state index contributed by atoms with van der Waals surface area (Å²) in [6.07, 6.45) is 4.50. The molecule has 6 nitrogen and oxygen atoms in total. The van der Waals surface area contributed by atoms with Gasteiger partial charge in [-0.05, 0) is 44.4 Å². The lowest BCUT2D eigenvalue weighted by atomic mass is 9.86. The van der Waals surface area contributed by atoms with Crippen molar-refractivity contribution in [2.75, 3.05) is 19.7 Å². The van der Waals surface area contributed by atoms with Gasteiger partial charge in [0, 0.05) is 25.7 Å². The summed E-state index contributed by atoms with van der Waals surface area (Å²) in [5.74, 6) is -0.644. The Balaban J connectivity index is 1.72. The van der Waals surface area contributed by atoms with Crippen molar-refractivity contribution < 1.29 is 19.8 Å². The highest BCUT2D eigenvalue weighted by Crippen LogP contribution is 2.25. The Morgan fingerprint density at radius 3 is 2.15 bits per heavy atom. The van der Waals surface area contributed by atoms with Gasteiger partial charge in [0.15, 0.2) is 0 Å². The topological polar surface area (TPSA) is 89.9 Å². The molecule has 0 aromatic carbocycles. The molecule has 2 amide bonds. The maximum atomic E-state index is 12.1. The monoisotopic (exact) mass is 284 g/mol. The number of urea groups is 1. The van der Waals surface area contributed by atoms with Crippen molar-refractivity contribution in [2.24, 2.45) is 11.8 Å². The van der Waals surface area contributed by atoms with Gasteiger partial charge in [0.25, 0.3) is 0 Å². The van der Waals surface area contributed by atoms with Gasteiger partial charge in [0.2, 0.25) is 0 Å². The van der Waals surface area contributed by atoms with Gasteiger partial charge in [-0.2, -0.15) is 0 Å². The summed E-state index contributed by atoms with van der Waals surface area (Å²) in [5, 5.41) is 21.0. The van der Waals surface area contributed by atoms with Crippen LogP contribution in [0.3, 0.4) is 0 Å². The van der Waals surface area contributed by atoms with Crippen LogP contribution >= 0.6 is 0 Å². The molecule has 1 heterocycles. The first-order valence-corrected chi connectivity index (χ1v) is 7.49. The van der Waals surface area contributed by atoms with Gasteiger partial charge in [-0.25, -0.2) is 4.79 Å². The van der Waals surface area contributed by atoms with Crippen molar-refractivity contribution in [2.45, 2.75) is 44.6 Å². The first-order valence-electron chi connectivity index (χ1n) is 7.49. The number of aliphatic hydroxyl groups is 1. The number of likely N-dealkylation sites (tertiary alicyclic amines) is 1. The SMILES string of the molecule is O=C(O)C1CCC(NC(=O)N2CCC(CO)CC2)CC1. The van der Waals surface area contributed by atoms with Gasteiger partial charge < -0.3 is 20.4 Å². The van der Waals surface area contributed by atoms with Crippen molar-refractivity contribution in [1.82, 2.24) is 10.2 Å². The molecule has 0 radical (unpaired) electrons. The summed E-state index contributed by atoms with van der Waals surface area (Å²) in [4.78, 5) is 24.8. The fraction of sp³-hybridized carbons (Fsp3) is 0.857. The van der Waals surface area contributed by atoms with Crippen LogP contribution in [0.15, 0.2) is 0 Å². The van der Waals surface area contributed by atoms with Crippen LogP contribution in [-0.2, 0) is 4.79 Å². The highest BCUT2D eigenvalue weighted by Gasteiger charge is 2.28. The molecule has 1 aliphatic carbocycles. The van der Waals surface area contributed by atoms with Crippen molar-refractivity contribution in [1.29, 1.82) is 0 Å². The molecule has 0 unspecified atom stereocenters. The molecule has 3 N–H and O–H groups in total. The van der Waals surface area contributed by atoms with Gasteiger partial charge >= 0.3 is 12.0 Å². The number of rotatable bonds is 3. The lowest BCUT2D eigenvalue weighted by molar-refractivity contribution is -0.142. The molecule has 1 aliphatic heterocycles. The highest BCUT2D eigenvalue weighted by atomic mass is 16.4. The van der Waals surface area contributed by atoms with E-state index < -0.39 is 5.97 Å². The van der Waals surface area contributed by atoms with E-state index in [0.29, 0.717) is 31.8 Å². The zero-order chi connectivity index (χ0) is 14.5. The Hall–Kier alpha value is -1.30. The molecule has 6 heteroatoms. The maximum Gasteiger partial charge on any atom is 0.317 e. The average molecular weight is 284 g/mol. The summed E-state index contributed by atoms with van der Waals surface area (Å²) in [5.41, 5.74) is 0. The molecule has 1 saturated heterocycles. The molecule has 0 bridgehead atoms. The van der Waals surface area contributed by atoms with E-state index in [1.165, 1.54) is 0 Å². The molecular weight excluding hydrogens is 260 g/mol. The van der Waals surface area contributed by atoms with E-state index in [4.69, 9.17) is 10.2 Å². The predicted molar refractivity (Wildman–Crippen MR) is 73.3 cm³/mol. The molecule has 20 heavy (non-hydrogen) atoms. The first-order chi connectivity index (χ1) is 9.60. The molecule has 2 rings (SSSR count). The Morgan fingerprint density at radius 1 is 1.05 bits per heavy atom. The van der Waals surface area contributed by atoms with Crippen LogP contribution in [0.4, 0.5) is 4.79 Å². The number of carboxylic acid groups (broad SMARTS) is 1. The van der Waals surface area contributed by atoms with Gasteiger partial charge in [0.05, 0.1) is 5.92 Å². The van der Waals surface area contributed by atoms with E-state index >= 15 is 0 Å². The normalized spacial score (nSPS) is 28.1. The number of carbonyl (C=O) groups is 2. The van der Waals surface area contributed by atoms with Crippen LogP contribution in [0, 0.1) is 11.8 Å². The third kappa shape index (κ3) is 3.85. The van der Waals surface area contributed by atoms with Crippen molar-refractivity contribution in [3.8, 4) is 0 Å². The Bertz CT molecular complexity index is 345. The Morgan fingerprint density at radius 2 is 1.65 bits per heavy atom. The Labute approximate surface area is 119 Å². The van der Waals surface area contributed by atoms with Crippen molar-refractivity contribution >= 4 is 12.0 Å². The van der Waals surface area contributed by atoms with Gasteiger partial charge in [0.1, 0.15) is 0 Å². The molecule has 2 fully saturated rings. The number of carboxylic acids is 1. The molecular formula is C14H24N2O4. The van der Waals surface area contributed by atoms with Crippen LogP contribution in [0.2, 0.25) is 0 Å². The summed E-state index contributed by atoms with van der Waals surface area (Å²) < 4.78 is 0. The fourth-order valence-corrected chi connectivity index (χ4v) is 3.07. The third-order valence-electron chi connectivity index (χ3n) is 4.56. The standard InChI is InChI=1S/C14H24N2O4/c17-9-10-5-7-16(8-6-10)14(20)15-12-3-1-11(2-4-12)13(18)19/h10-12,17H,1-9H2,(H,15,20)(H,18,19). The van der Waals surface area contributed by atoms with E-state index in [1.807, 2.05) is 0 Å². The molecule has 2 aliphatic rings. The Kier molecular flexibility index (Phi) is 5.23. The minimum atomic E-state index is -0.721. The lowest BCUT2D eigenvalue weighted by Crippen LogP contribution is -2.49. The third-order valence-corrected chi connectivity index (χ3v) is 4.56. The minimum absolute atomic E-state index is 0.0415. The largest absolute Gasteiger partial charge is 0.481 e. The zero-order valence-electron chi connectivity index (χ0n) is 11.8. The fourth-order valence-electron chi connectivity index (χ4n) is 3.07. The number of nitrogens with zero attached hydrogens (tertiary/aromatic N) is 1. The summed E-state index contributed by atoms with van der Waals surface area (Å²) >= 11 is 0. The molecule has 114 valence electrons. The summed E-state index contributed by atoms with van der Waals surface area (Å²) in [6.45, 7) is 1.59. The molecule has 1 saturated carbocycles. The molecule has 0 atom stereocenters. The van der Waals surface area contributed by atoms with E-state index in [2.05, 4.69) is 5.32 Å². The molecule has 0 aromatic heterocycles. The number of piperidine rings is 1. The van der Waals surface area contributed by atoms with Gasteiger partial charge in [-0.15, -0.1) is 0 Å². The van der Waals surface area contributed by atoms with Crippen LogP contribution in [0.25, 0.3) is 0 Å².